The fourth-order valence-corrected chi connectivity index (χ4v) is 2.47. The number of halogens is 1. The molecule has 0 saturated carbocycles. The SMILES string of the molecule is CC1(C)COCCN1c1c(Cl)cccc1C=O. The van der Waals surface area contributed by atoms with Gasteiger partial charge in [0.2, 0.25) is 0 Å². The Morgan fingerprint density at radius 1 is 1.47 bits per heavy atom. The molecule has 0 spiro atoms. The predicted molar refractivity (Wildman–Crippen MR) is 69.1 cm³/mol. The average Bonchev–Trinajstić information content (AvgIpc) is 2.29. The molecular formula is C13H16ClNO2. The van der Waals surface area contributed by atoms with Crippen LogP contribution in [0, 0.1) is 0 Å². The van der Waals surface area contributed by atoms with Gasteiger partial charge < -0.3 is 9.64 Å². The van der Waals surface area contributed by atoms with Gasteiger partial charge in [-0.15, -0.1) is 0 Å². The zero-order valence-electron chi connectivity index (χ0n) is 10.1. The number of carbonyl (C=O) groups is 1. The number of rotatable bonds is 2. The molecule has 0 unspecified atom stereocenters. The van der Waals surface area contributed by atoms with Gasteiger partial charge in [-0.2, -0.15) is 0 Å². The van der Waals surface area contributed by atoms with Crippen LogP contribution in [-0.4, -0.2) is 31.6 Å². The Morgan fingerprint density at radius 3 is 2.88 bits per heavy atom. The molecule has 1 aliphatic heterocycles. The fraction of sp³-hybridized carbons (Fsp3) is 0.462. The van der Waals surface area contributed by atoms with E-state index in [1.165, 1.54) is 0 Å². The van der Waals surface area contributed by atoms with Crippen molar-refractivity contribution in [2.45, 2.75) is 19.4 Å². The van der Waals surface area contributed by atoms with Crippen LogP contribution in [0.5, 0.6) is 0 Å². The molecule has 0 amide bonds. The second kappa shape index (κ2) is 4.67. The molecule has 1 aliphatic rings. The summed E-state index contributed by atoms with van der Waals surface area (Å²) in [5.41, 5.74) is 1.30. The van der Waals surface area contributed by atoms with Crippen molar-refractivity contribution in [1.82, 2.24) is 0 Å². The van der Waals surface area contributed by atoms with Gasteiger partial charge in [-0.05, 0) is 26.0 Å². The summed E-state index contributed by atoms with van der Waals surface area (Å²) in [6, 6.07) is 5.40. The van der Waals surface area contributed by atoms with E-state index in [0.29, 0.717) is 23.8 Å². The van der Waals surface area contributed by atoms with Crippen molar-refractivity contribution in [2.75, 3.05) is 24.7 Å². The summed E-state index contributed by atoms with van der Waals surface area (Å²) in [6.45, 7) is 6.22. The van der Waals surface area contributed by atoms with Crippen LogP contribution >= 0.6 is 11.6 Å². The number of anilines is 1. The normalized spacial score (nSPS) is 19.1. The lowest BCUT2D eigenvalue weighted by Gasteiger charge is -2.44. The van der Waals surface area contributed by atoms with Crippen molar-refractivity contribution in [3.63, 3.8) is 0 Å². The number of hydrogen-bond acceptors (Lipinski definition) is 3. The first-order valence-corrected chi connectivity index (χ1v) is 6.03. The molecule has 1 fully saturated rings. The third-order valence-corrected chi connectivity index (χ3v) is 3.37. The fourth-order valence-electron chi connectivity index (χ4n) is 2.18. The summed E-state index contributed by atoms with van der Waals surface area (Å²) >= 11 is 6.23. The van der Waals surface area contributed by atoms with Gasteiger partial charge in [0.25, 0.3) is 0 Å². The smallest absolute Gasteiger partial charge is 0.152 e. The molecule has 0 N–H and O–H groups in total. The van der Waals surface area contributed by atoms with Gasteiger partial charge in [0.05, 0.1) is 29.5 Å². The lowest BCUT2D eigenvalue weighted by Crippen LogP contribution is -2.53. The largest absolute Gasteiger partial charge is 0.377 e. The van der Waals surface area contributed by atoms with Crippen LogP contribution < -0.4 is 4.90 Å². The minimum Gasteiger partial charge on any atom is -0.377 e. The molecule has 0 radical (unpaired) electrons. The van der Waals surface area contributed by atoms with Crippen molar-refractivity contribution < 1.29 is 9.53 Å². The Hall–Kier alpha value is -1.06. The Labute approximate surface area is 106 Å². The Bertz CT molecular complexity index is 431. The third kappa shape index (κ3) is 2.31. The molecule has 92 valence electrons. The monoisotopic (exact) mass is 253 g/mol. The van der Waals surface area contributed by atoms with Crippen LogP contribution in [-0.2, 0) is 4.74 Å². The number of aldehydes is 1. The molecule has 1 heterocycles. The molecule has 1 saturated heterocycles. The van der Waals surface area contributed by atoms with E-state index in [9.17, 15) is 4.79 Å². The highest BCUT2D eigenvalue weighted by atomic mass is 35.5. The lowest BCUT2D eigenvalue weighted by molar-refractivity contribution is 0.0643. The van der Waals surface area contributed by atoms with Crippen LogP contribution in [0.4, 0.5) is 5.69 Å². The van der Waals surface area contributed by atoms with Gasteiger partial charge in [0.1, 0.15) is 0 Å². The molecule has 17 heavy (non-hydrogen) atoms. The van der Waals surface area contributed by atoms with Gasteiger partial charge in [-0.25, -0.2) is 0 Å². The summed E-state index contributed by atoms with van der Waals surface area (Å²) in [5.74, 6) is 0. The lowest BCUT2D eigenvalue weighted by atomic mass is 10.00. The topological polar surface area (TPSA) is 29.5 Å². The number of carbonyl (C=O) groups excluding carboxylic acids is 1. The number of morpholine rings is 1. The quantitative estimate of drug-likeness (QED) is 0.759. The Kier molecular flexibility index (Phi) is 3.40. The highest BCUT2D eigenvalue weighted by Gasteiger charge is 2.32. The second-order valence-electron chi connectivity index (χ2n) is 4.81. The van der Waals surface area contributed by atoms with Crippen molar-refractivity contribution in [3.8, 4) is 0 Å². The molecular weight excluding hydrogens is 238 g/mol. The van der Waals surface area contributed by atoms with Crippen molar-refractivity contribution in [3.05, 3.63) is 28.8 Å². The van der Waals surface area contributed by atoms with Crippen molar-refractivity contribution in [1.29, 1.82) is 0 Å². The number of para-hydroxylation sites is 1. The van der Waals surface area contributed by atoms with E-state index >= 15 is 0 Å². The number of hydrogen-bond donors (Lipinski definition) is 0. The van der Waals surface area contributed by atoms with Gasteiger partial charge in [0.15, 0.2) is 6.29 Å². The number of ether oxygens (including phenoxy) is 1. The maximum Gasteiger partial charge on any atom is 0.152 e. The van der Waals surface area contributed by atoms with E-state index in [2.05, 4.69) is 18.7 Å². The van der Waals surface area contributed by atoms with E-state index in [1.54, 1.807) is 12.1 Å². The van der Waals surface area contributed by atoms with Gasteiger partial charge in [0, 0.05) is 12.1 Å². The van der Waals surface area contributed by atoms with Crippen LogP contribution in [0.2, 0.25) is 5.02 Å². The van der Waals surface area contributed by atoms with E-state index in [1.807, 2.05) is 6.07 Å². The Balaban J connectivity index is 2.48. The van der Waals surface area contributed by atoms with Crippen LogP contribution in [0.25, 0.3) is 0 Å². The molecule has 4 heteroatoms. The van der Waals surface area contributed by atoms with E-state index in [4.69, 9.17) is 16.3 Å². The predicted octanol–water partition coefficient (Wildman–Crippen LogP) is 2.77. The second-order valence-corrected chi connectivity index (χ2v) is 5.22. The van der Waals surface area contributed by atoms with Crippen molar-refractivity contribution >= 4 is 23.6 Å². The van der Waals surface area contributed by atoms with Gasteiger partial charge >= 0.3 is 0 Å². The number of nitrogens with zero attached hydrogens (tertiary/aromatic N) is 1. The molecule has 0 atom stereocenters. The van der Waals surface area contributed by atoms with Gasteiger partial charge in [-0.3, -0.25) is 4.79 Å². The zero-order valence-corrected chi connectivity index (χ0v) is 10.8. The van der Waals surface area contributed by atoms with E-state index in [0.717, 1.165) is 18.5 Å². The zero-order chi connectivity index (χ0) is 12.5. The third-order valence-electron chi connectivity index (χ3n) is 3.06. The molecule has 3 nitrogen and oxygen atoms in total. The van der Waals surface area contributed by atoms with Gasteiger partial charge in [-0.1, -0.05) is 17.7 Å². The molecule has 0 aromatic heterocycles. The summed E-state index contributed by atoms with van der Waals surface area (Å²) in [4.78, 5) is 13.3. The Morgan fingerprint density at radius 2 is 2.24 bits per heavy atom. The molecule has 0 aliphatic carbocycles. The first kappa shape index (κ1) is 12.4. The van der Waals surface area contributed by atoms with E-state index < -0.39 is 0 Å². The summed E-state index contributed by atoms with van der Waals surface area (Å²) in [7, 11) is 0. The standard InChI is InChI=1S/C13H16ClNO2/c1-13(2)9-17-7-6-15(13)12-10(8-16)4-3-5-11(12)14/h3-5,8H,6-7,9H2,1-2H3. The first-order chi connectivity index (χ1) is 8.06. The average molecular weight is 254 g/mol. The van der Waals surface area contributed by atoms with Crippen molar-refractivity contribution in [2.24, 2.45) is 0 Å². The first-order valence-electron chi connectivity index (χ1n) is 5.65. The summed E-state index contributed by atoms with van der Waals surface area (Å²) < 4.78 is 5.48. The molecule has 1 aromatic rings. The maximum atomic E-state index is 11.1. The minimum absolute atomic E-state index is 0.152. The highest BCUT2D eigenvalue weighted by molar-refractivity contribution is 6.34. The van der Waals surface area contributed by atoms with E-state index in [-0.39, 0.29) is 5.54 Å². The highest BCUT2D eigenvalue weighted by Crippen LogP contribution is 2.35. The molecule has 0 bridgehead atoms. The molecule has 1 aromatic carbocycles. The van der Waals surface area contributed by atoms with Crippen LogP contribution in [0.3, 0.4) is 0 Å². The maximum absolute atomic E-state index is 11.1. The number of benzene rings is 1. The van der Waals surface area contributed by atoms with Crippen LogP contribution in [0.1, 0.15) is 24.2 Å². The summed E-state index contributed by atoms with van der Waals surface area (Å²) in [6.07, 6.45) is 0.854. The minimum atomic E-state index is -0.152. The summed E-state index contributed by atoms with van der Waals surface area (Å²) in [5, 5.41) is 0.615. The molecule has 2 rings (SSSR count). The van der Waals surface area contributed by atoms with Crippen LogP contribution in [0.15, 0.2) is 18.2 Å².